The van der Waals surface area contributed by atoms with Gasteiger partial charge in [-0.25, -0.2) is 4.39 Å². The first-order valence-corrected chi connectivity index (χ1v) is 5.67. The fourth-order valence-electron chi connectivity index (χ4n) is 1.60. The van der Waals surface area contributed by atoms with Crippen molar-refractivity contribution in [3.63, 3.8) is 0 Å². The van der Waals surface area contributed by atoms with Crippen LogP contribution in [0, 0.1) is 11.2 Å². The fraction of sp³-hybridized carbons (Fsp3) is 0.538. The quantitative estimate of drug-likeness (QED) is 0.816. The molecular weight excluding hydrogens is 264 g/mol. The molecule has 0 bridgehead atoms. The summed E-state index contributed by atoms with van der Waals surface area (Å²) in [4.78, 5) is 0. The van der Waals surface area contributed by atoms with Gasteiger partial charge in [-0.1, -0.05) is 26.8 Å². The lowest BCUT2D eigenvalue weighted by atomic mass is 9.83. The van der Waals surface area contributed by atoms with Crippen molar-refractivity contribution in [3.8, 4) is 0 Å². The summed E-state index contributed by atoms with van der Waals surface area (Å²) in [6, 6.07) is 2.12. The Bertz CT molecular complexity index is 449. The molecule has 1 rings (SSSR count). The number of hydrogen-bond donors (Lipinski definition) is 2. The van der Waals surface area contributed by atoms with Crippen molar-refractivity contribution in [2.75, 3.05) is 0 Å². The van der Waals surface area contributed by atoms with Gasteiger partial charge in [0.1, 0.15) is 11.9 Å². The summed E-state index contributed by atoms with van der Waals surface area (Å²) in [6.45, 7) is 4.96. The van der Waals surface area contributed by atoms with E-state index in [0.29, 0.717) is 12.1 Å². The van der Waals surface area contributed by atoms with Gasteiger partial charge in [0.05, 0.1) is 11.7 Å². The van der Waals surface area contributed by atoms with Crippen LogP contribution in [0.5, 0.6) is 0 Å². The van der Waals surface area contributed by atoms with Crippen molar-refractivity contribution >= 4 is 0 Å². The van der Waals surface area contributed by atoms with Crippen LogP contribution in [0.2, 0.25) is 0 Å². The summed E-state index contributed by atoms with van der Waals surface area (Å²) >= 11 is 0. The van der Waals surface area contributed by atoms with E-state index in [9.17, 15) is 27.8 Å². The number of rotatable bonds is 2. The van der Waals surface area contributed by atoms with Crippen LogP contribution < -0.4 is 0 Å². The number of hydrogen-bond acceptors (Lipinski definition) is 2. The third-order valence-electron chi connectivity index (χ3n) is 2.83. The number of aliphatic hydroxyl groups excluding tert-OH is 2. The van der Waals surface area contributed by atoms with E-state index in [4.69, 9.17) is 0 Å². The maximum atomic E-state index is 13.4. The zero-order valence-corrected chi connectivity index (χ0v) is 10.8. The molecule has 0 aliphatic rings. The van der Waals surface area contributed by atoms with Gasteiger partial charge in [-0.15, -0.1) is 0 Å². The van der Waals surface area contributed by atoms with Gasteiger partial charge in [0.15, 0.2) is 0 Å². The first-order chi connectivity index (χ1) is 8.44. The Hall–Kier alpha value is -1.14. The highest BCUT2D eigenvalue weighted by molar-refractivity contribution is 5.28. The molecule has 0 saturated carbocycles. The molecule has 1 aromatic carbocycles. The Morgan fingerprint density at radius 2 is 1.58 bits per heavy atom. The number of halogens is 4. The SMILES string of the molecule is CC(C)(C)C(O)C(O)c1ccc(C(F)(F)F)c(F)c1. The molecule has 108 valence electrons. The fourth-order valence-corrected chi connectivity index (χ4v) is 1.60. The number of alkyl halides is 3. The lowest BCUT2D eigenvalue weighted by Gasteiger charge is -2.30. The minimum atomic E-state index is -4.78. The van der Waals surface area contributed by atoms with Crippen LogP contribution in [0.4, 0.5) is 17.6 Å². The summed E-state index contributed by atoms with van der Waals surface area (Å²) < 4.78 is 50.5. The summed E-state index contributed by atoms with van der Waals surface area (Å²) in [6.07, 6.45) is -7.45. The zero-order chi connectivity index (χ0) is 15.0. The Kier molecular flexibility index (Phi) is 4.27. The van der Waals surface area contributed by atoms with E-state index in [1.165, 1.54) is 0 Å². The highest BCUT2D eigenvalue weighted by atomic mass is 19.4. The van der Waals surface area contributed by atoms with Crippen molar-refractivity contribution in [2.45, 2.75) is 39.2 Å². The van der Waals surface area contributed by atoms with Crippen LogP contribution in [-0.2, 0) is 6.18 Å². The molecule has 2 atom stereocenters. The van der Waals surface area contributed by atoms with Gasteiger partial charge >= 0.3 is 6.18 Å². The first-order valence-electron chi connectivity index (χ1n) is 5.67. The van der Waals surface area contributed by atoms with E-state index in [1.807, 2.05) is 0 Å². The monoisotopic (exact) mass is 280 g/mol. The van der Waals surface area contributed by atoms with Crippen LogP contribution in [0.15, 0.2) is 18.2 Å². The summed E-state index contributed by atoms with van der Waals surface area (Å²) in [7, 11) is 0. The summed E-state index contributed by atoms with van der Waals surface area (Å²) in [5.41, 5.74) is -2.17. The van der Waals surface area contributed by atoms with E-state index >= 15 is 0 Å². The maximum absolute atomic E-state index is 13.4. The molecule has 0 aromatic heterocycles. The van der Waals surface area contributed by atoms with Gasteiger partial charge in [0.2, 0.25) is 0 Å². The smallest absolute Gasteiger partial charge is 0.390 e. The molecule has 0 spiro atoms. The zero-order valence-electron chi connectivity index (χ0n) is 10.8. The van der Waals surface area contributed by atoms with Crippen molar-refractivity contribution in [1.82, 2.24) is 0 Å². The maximum Gasteiger partial charge on any atom is 0.419 e. The van der Waals surface area contributed by atoms with Gasteiger partial charge in [0.25, 0.3) is 0 Å². The highest BCUT2D eigenvalue weighted by Gasteiger charge is 2.35. The molecule has 19 heavy (non-hydrogen) atoms. The Morgan fingerprint density at radius 1 is 1.05 bits per heavy atom. The minimum Gasteiger partial charge on any atom is -0.390 e. The van der Waals surface area contributed by atoms with E-state index in [-0.39, 0.29) is 5.56 Å². The van der Waals surface area contributed by atoms with Crippen LogP contribution >= 0.6 is 0 Å². The van der Waals surface area contributed by atoms with E-state index in [1.54, 1.807) is 20.8 Å². The van der Waals surface area contributed by atoms with E-state index in [2.05, 4.69) is 0 Å². The van der Waals surface area contributed by atoms with Gasteiger partial charge < -0.3 is 10.2 Å². The minimum absolute atomic E-state index is 0.0899. The standard InChI is InChI=1S/C13H16F4O2/c1-12(2,3)11(19)10(18)7-4-5-8(9(14)6-7)13(15,16)17/h4-6,10-11,18-19H,1-3H3. The van der Waals surface area contributed by atoms with Crippen molar-refractivity contribution in [2.24, 2.45) is 5.41 Å². The van der Waals surface area contributed by atoms with Gasteiger partial charge in [0, 0.05) is 0 Å². The van der Waals surface area contributed by atoms with E-state index < -0.39 is 35.2 Å². The average molecular weight is 280 g/mol. The second-order valence-electron chi connectivity index (χ2n) is 5.49. The number of aliphatic hydroxyl groups is 2. The molecule has 2 unspecified atom stereocenters. The predicted molar refractivity (Wildman–Crippen MR) is 61.8 cm³/mol. The largest absolute Gasteiger partial charge is 0.419 e. The molecule has 0 amide bonds. The number of benzene rings is 1. The Labute approximate surface area is 108 Å². The molecule has 0 aliphatic heterocycles. The van der Waals surface area contributed by atoms with Crippen molar-refractivity contribution in [1.29, 1.82) is 0 Å². The second-order valence-corrected chi connectivity index (χ2v) is 5.49. The molecule has 0 saturated heterocycles. The van der Waals surface area contributed by atoms with Crippen molar-refractivity contribution < 1.29 is 27.8 Å². The average Bonchev–Trinajstić information content (AvgIpc) is 2.23. The summed E-state index contributed by atoms with van der Waals surface area (Å²) in [5.74, 6) is -1.47. The molecule has 0 heterocycles. The van der Waals surface area contributed by atoms with Crippen LogP contribution in [0.3, 0.4) is 0 Å². The van der Waals surface area contributed by atoms with Crippen molar-refractivity contribution in [3.05, 3.63) is 35.1 Å². The Morgan fingerprint density at radius 3 is 1.95 bits per heavy atom. The van der Waals surface area contributed by atoms with Gasteiger partial charge in [-0.3, -0.25) is 0 Å². The first kappa shape index (κ1) is 15.9. The van der Waals surface area contributed by atoms with E-state index in [0.717, 1.165) is 6.07 Å². The molecule has 2 nitrogen and oxygen atoms in total. The molecular formula is C13H16F4O2. The molecule has 2 N–H and O–H groups in total. The van der Waals surface area contributed by atoms with Gasteiger partial charge in [-0.2, -0.15) is 13.2 Å². The van der Waals surface area contributed by atoms with Gasteiger partial charge in [-0.05, 0) is 23.1 Å². The predicted octanol–water partition coefficient (Wildman–Crippen LogP) is 3.28. The molecule has 6 heteroatoms. The molecule has 0 radical (unpaired) electrons. The topological polar surface area (TPSA) is 40.5 Å². The molecule has 1 aromatic rings. The third-order valence-corrected chi connectivity index (χ3v) is 2.83. The Balaban J connectivity index is 3.08. The molecule has 0 aliphatic carbocycles. The normalized spacial score (nSPS) is 16.3. The lowest BCUT2D eigenvalue weighted by Crippen LogP contribution is -2.32. The lowest BCUT2D eigenvalue weighted by molar-refractivity contribution is -0.140. The van der Waals surface area contributed by atoms with Crippen LogP contribution in [0.1, 0.15) is 38.0 Å². The second kappa shape index (κ2) is 5.09. The van der Waals surface area contributed by atoms with Crippen LogP contribution in [-0.4, -0.2) is 16.3 Å². The molecule has 0 fully saturated rings. The third kappa shape index (κ3) is 3.67. The van der Waals surface area contributed by atoms with Crippen LogP contribution in [0.25, 0.3) is 0 Å². The summed E-state index contributed by atoms with van der Waals surface area (Å²) in [5, 5.41) is 19.7. The highest BCUT2D eigenvalue weighted by Crippen LogP contribution is 2.34.